The van der Waals surface area contributed by atoms with E-state index >= 15 is 0 Å². The first-order chi connectivity index (χ1) is 6.20. The van der Waals surface area contributed by atoms with E-state index in [2.05, 4.69) is 15.9 Å². The van der Waals surface area contributed by atoms with Crippen molar-refractivity contribution >= 4 is 15.9 Å². The van der Waals surface area contributed by atoms with Gasteiger partial charge in [0.25, 0.3) is 0 Å². The van der Waals surface area contributed by atoms with E-state index in [1.807, 2.05) is 40.7 Å². The molecule has 0 N–H and O–H groups in total. The maximum atomic E-state index is 12.5. The maximum absolute atomic E-state index is 12.5. The summed E-state index contributed by atoms with van der Waals surface area (Å²) < 4.78 is 13.1. The second kappa shape index (κ2) is 9.72. The molecule has 0 heterocycles. The predicted octanol–water partition coefficient (Wildman–Crippen LogP) is 4.95. The fraction of sp³-hybridized carbons (Fsp3) is 0.455. The third kappa shape index (κ3) is 6.76. The molecule has 0 fully saturated rings. The minimum absolute atomic E-state index is 0.199. The lowest BCUT2D eigenvalue weighted by molar-refractivity contribution is 0.620. The van der Waals surface area contributed by atoms with E-state index < -0.39 is 0 Å². The first-order valence-corrected chi connectivity index (χ1v) is 5.41. The molecule has 13 heavy (non-hydrogen) atoms. The number of halogens is 2. The maximum Gasteiger partial charge on any atom is 0.137 e. The fourth-order valence-corrected chi connectivity index (χ4v) is 0.848. The van der Waals surface area contributed by atoms with Crippen molar-refractivity contribution < 1.29 is 4.39 Å². The van der Waals surface area contributed by atoms with E-state index in [1.54, 1.807) is 6.07 Å². The van der Waals surface area contributed by atoms with Crippen molar-refractivity contribution in [3.05, 3.63) is 34.1 Å². The van der Waals surface area contributed by atoms with Gasteiger partial charge in [0.2, 0.25) is 0 Å². The topological polar surface area (TPSA) is 0 Å². The summed E-state index contributed by atoms with van der Waals surface area (Å²) in [6.07, 6.45) is 0. The lowest BCUT2D eigenvalue weighted by Gasteiger charge is -1.93. The third-order valence-electron chi connectivity index (χ3n) is 1.08. The molecule has 0 radical (unpaired) electrons. The smallest absolute Gasteiger partial charge is 0.137 e. The average Bonchev–Trinajstić information content (AvgIpc) is 2.18. The van der Waals surface area contributed by atoms with Crippen LogP contribution in [0.5, 0.6) is 0 Å². The van der Waals surface area contributed by atoms with Crippen LogP contribution in [0.4, 0.5) is 4.39 Å². The number of rotatable bonds is 0. The number of hydrogen-bond donors (Lipinski definition) is 0. The lowest BCUT2D eigenvalue weighted by atomic mass is 10.2. The van der Waals surface area contributed by atoms with Crippen LogP contribution in [0.15, 0.2) is 22.7 Å². The molecule has 0 nitrogen and oxygen atoms in total. The van der Waals surface area contributed by atoms with Gasteiger partial charge in [0.05, 0.1) is 4.47 Å². The van der Waals surface area contributed by atoms with E-state index in [0.717, 1.165) is 5.56 Å². The van der Waals surface area contributed by atoms with Crippen molar-refractivity contribution in [3.63, 3.8) is 0 Å². The van der Waals surface area contributed by atoms with Crippen LogP contribution in [-0.2, 0) is 0 Å². The number of benzene rings is 1. The van der Waals surface area contributed by atoms with Gasteiger partial charge in [0, 0.05) is 0 Å². The molecule has 0 atom stereocenters. The summed E-state index contributed by atoms with van der Waals surface area (Å²) in [5.41, 5.74) is 0.940. The van der Waals surface area contributed by atoms with Gasteiger partial charge in [-0.15, -0.1) is 0 Å². The molecular formula is C11H18BrF. The molecule has 1 rings (SSSR count). The highest BCUT2D eigenvalue weighted by Gasteiger charge is 1.95. The molecule has 0 aliphatic rings. The van der Waals surface area contributed by atoms with Crippen LogP contribution in [0.3, 0.4) is 0 Å². The highest BCUT2D eigenvalue weighted by molar-refractivity contribution is 9.10. The van der Waals surface area contributed by atoms with E-state index in [1.165, 1.54) is 6.07 Å². The van der Waals surface area contributed by atoms with Gasteiger partial charge in [0.1, 0.15) is 5.82 Å². The molecule has 0 amide bonds. The molecule has 0 aliphatic carbocycles. The summed E-state index contributed by atoms with van der Waals surface area (Å²) in [6.45, 7) is 9.86. The highest BCUT2D eigenvalue weighted by Crippen LogP contribution is 2.15. The monoisotopic (exact) mass is 248 g/mol. The normalized spacial score (nSPS) is 7.62. The standard InChI is InChI=1S/C7H6BrF.2C2H6/c1-5-2-3-6(8)7(9)4-5;2*1-2/h2-4H,1H3;2*1-2H3. The van der Waals surface area contributed by atoms with Gasteiger partial charge in [-0.25, -0.2) is 4.39 Å². The Bertz CT molecular complexity index is 221. The van der Waals surface area contributed by atoms with Gasteiger partial charge >= 0.3 is 0 Å². The van der Waals surface area contributed by atoms with Crippen LogP contribution >= 0.6 is 15.9 Å². The molecular weight excluding hydrogens is 231 g/mol. The molecule has 2 heteroatoms. The molecule has 0 aliphatic heterocycles. The second-order valence-electron chi connectivity index (χ2n) is 1.92. The number of hydrogen-bond acceptors (Lipinski definition) is 0. The van der Waals surface area contributed by atoms with Crippen molar-refractivity contribution in [1.29, 1.82) is 0 Å². The van der Waals surface area contributed by atoms with Gasteiger partial charge in [-0.05, 0) is 40.5 Å². The average molecular weight is 249 g/mol. The molecule has 0 unspecified atom stereocenters. The molecule has 0 spiro atoms. The Morgan fingerprint density at radius 3 is 1.85 bits per heavy atom. The molecule has 0 saturated heterocycles. The SMILES string of the molecule is CC.CC.Cc1ccc(Br)c(F)c1. The first kappa shape index (κ1) is 15.1. The predicted molar refractivity (Wildman–Crippen MR) is 61.5 cm³/mol. The van der Waals surface area contributed by atoms with Crippen molar-refractivity contribution in [3.8, 4) is 0 Å². The molecule has 1 aromatic carbocycles. The van der Waals surface area contributed by atoms with E-state index in [4.69, 9.17) is 0 Å². The van der Waals surface area contributed by atoms with Gasteiger partial charge < -0.3 is 0 Å². The molecule has 1 aromatic rings. The van der Waals surface area contributed by atoms with Crippen LogP contribution in [0.2, 0.25) is 0 Å². The van der Waals surface area contributed by atoms with Gasteiger partial charge in [-0.3, -0.25) is 0 Å². The van der Waals surface area contributed by atoms with Crippen LogP contribution in [0.1, 0.15) is 33.3 Å². The molecule has 0 aromatic heterocycles. The molecule has 0 bridgehead atoms. The highest BCUT2D eigenvalue weighted by atomic mass is 79.9. The minimum Gasteiger partial charge on any atom is -0.206 e. The Morgan fingerprint density at radius 2 is 1.54 bits per heavy atom. The van der Waals surface area contributed by atoms with Crippen LogP contribution < -0.4 is 0 Å². The quantitative estimate of drug-likeness (QED) is 0.610. The van der Waals surface area contributed by atoms with Crippen LogP contribution in [0, 0.1) is 12.7 Å². The number of aryl methyl sites for hydroxylation is 1. The van der Waals surface area contributed by atoms with Crippen molar-refractivity contribution in [2.75, 3.05) is 0 Å². The largest absolute Gasteiger partial charge is 0.206 e. The Labute approximate surface area is 89.3 Å². The Morgan fingerprint density at radius 1 is 1.08 bits per heavy atom. The van der Waals surface area contributed by atoms with E-state index in [9.17, 15) is 4.39 Å². The zero-order valence-corrected chi connectivity index (χ0v) is 10.6. The van der Waals surface area contributed by atoms with Gasteiger partial charge in [0.15, 0.2) is 0 Å². The van der Waals surface area contributed by atoms with Crippen molar-refractivity contribution in [1.82, 2.24) is 0 Å². The second-order valence-corrected chi connectivity index (χ2v) is 2.77. The van der Waals surface area contributed by atoms with Crippen LogP contribution in [-0.4, -0.2) is 0 Å². The molecule has 0 saturated carbocycles. The molecule has 76 valence electrons. The summed E-state index contributed by atoms with van der Waals surface area (Å²) >= 11 is 3.05. The summed E-state index contributed by atoms with van der Waals surface area (Å²) in [4.78, 5) is 0. The first-order valence-electron chi connectivity index (χ1n) is 4.62. The summed E-state index contributed by atoms with van der Waals surface area (Å²) in [7, 11) is 0. The van der Waals surface area contributed by atoms with Gasteiger partial charge in [-0.1, -0.05) is 33.8 Å². The third-order valence-corrected chi connectivity index (χ3v) is 1.72. The summed E-state index contributed by atoms with van der Waals surface area (Å²) in [6, 6.07) is 5.04. The zero-order chi connectivity index (χ0) is 10.9. The van der Waals surface area contributed by atoms with Crippen LogP contribution in [0.25, 0.3) is 0 Å². The summed E-state index contributed by atoms with van der Waals surface area (Å²) in [5.74, 6) is -0.199. The zero-order valence-electron chi connectivity index (χ0n) is 8.99. The van der Waals surface area contributed by atoms with E-state index in [-0.39, 0.29) is 5.82 Å². The van der Waals surface area contributed by atoms with Crippen molar-refractivity contribution in [2.45, 2.75) is 34.6 Å². The lowest BCUT2D eigenvalue weighted by Crippen LogP contribution is -1.77. The van der Waals surface area contributed by atoms with Gasteiger partial charge in [-0.2, -0.15) is 0 Å². The Balaban J connectivity index is 0. The van der Waals surface area contributed by atoms with Crippen molar-refractivity contribution in [2.24, 2.45) is 0 Å². The summed E-state index contributed by atoms with van der Waals surface area (Å²) in [5, 5.41) is 0. The minimum atomic E-state index is -0.199. The Kier molecular flexibility index (Phi) is 11.3. The Hall–Kier alpha value is -0.370. The fourth-order valence-electron chi connectivity index (χ4n) is 0.601. The van der Waals surface area contributed by atoms with E-state index in [0.29, 0.717) is 4.47 Å².